The molecule has 0 bridgehead atoms. The van der Waals surface area contributed by atoms with E-state index in [1.54, 1.807) is 16.6 Å². The lowest BCUT2D eigenvalue weighted by Gasteiger charge is -2.17. The first-order valence-electron chi connectivity index (χ1n) is 8.98. The van der Waals surface area contributed by atoms with Crippen LogP contribution in [0.1, 0.15) is 11.5 Å². The number of hydrogen-bond acceptors (Lipinski definition) is 5. The summed E-state index contributed by atoms with van der Waals surface area (Å²) in [6.45, 7) is 1.70. The van der Waals surface area contributed by atoms with Gasteiger partial charge in [-0.15, -0.1) is 12.4 Å². The topological polar surface area (TPSA) is 99.0 Å². The number of hydrogen-bond donors (Lipinski definition) is 1. The van der Waals surface area contributed by atoms with E-state index < -0.39 is 0 Å². The summed E-state index contributed by atoms with van der Waals surface area (Å²) in [4.78, 5) is 31.4. The predicted octanol–water partition coefficient (Wildman–Crippen LogP) is 0.753. The third-order valence-electron chi connectivity index (χ3n) is 5.35. The molecule has 28 heavy (non-hydrogen) atoms. The zero-order chi connectivity index (χ0) is 19.0. The number of amides is 1. The van der Waals surface area contributed by atoms with Crippen molar-refractivity contribution in [3.05, 3.63) is 58.8 Å². The van der Waals surface area contributed by atoms with Crippen LogP contribution in [0.3, 0.4) is 0 Å². The fourth-order valence-electron chi connectivity index (χ4n) is 3.82. The van der Waals surface area contributed by atoms with Gasteiger partial charge in [0, 0.05) is 26.1 Å². The minimum atomic E-state index is -0.254. The summed E-state index contributed by atoms with van der Waals surface area (Å²) >= 11 is 0. The highest BCUT2D eigenvalue weighted by molar-refractivity contribution is 5.85. The quantitative estimate of drug-likeness (QED) is 0.694. The third-order valence-corrected chi connectivity index (χ3v) is 5.35. The van der Waals surface area contributed by atoms with Crippen LogP contribution in [-0.2, 0) is 18.4 Å². The molecule has 3 heterocycles. The van der Waals surface area contributed by atoms with Gasteiger partial charge in [-0.25, -0.2) is 4.98 Å². The molecule has 0 unspecified atom stereocenters. The van der Waals surface area contributed by atoms with Gasteiger partial charge in [0.1, 0.15) is 18.3 Å². The summed E-state index contributed by atoms with van der Waals surface area (Å²) in [5.41, 5.74) is 7.40. The number of carbonyl (C=O) groups excluding carboxylic acids is 1. The summed E-state index contributed by atoms with van der Waals surface area (Å²) < 4.78 is 2.89. The number of aromatic nitrogens is 4. The SMILES string of the molecule is Cl.Cn1ncc2c(=O)n(CC(=O)N3C[C@@H](CN)[C@H](c4ccccc4)C3)cnc21. The molecule has 2 aromatic heterocycles. The van der Waals surface area contributed by atoms with Crippen LogP contribution in [0, 0.1) is 5.92 Å². The first-order valence-corrected chi connectivity index (χ1v) is 8.98. The van der Waals surface area contributed by atoms with Crippen molar-refractivity contribution in [2.24, 2.45) is 18.7 Å². The second-order valence-corrected chi connectivity index (χ2v) is 6.99. The molecule has 9 heteroatoms. The second-order valence-electron chi connectivity index (χ2n) is 6.99. The number of nitrogens with two attached hydrogens (primary N) is 1. The maximum atomic E-state index is 12.8. The molecule has 3 aromatic rings. The number of benzene rings is 1. The van der Waals surface area contributed by atoms with Gasteiger partial charge in [-0.2, -0.15) is 5.10 Å². The summed E-state index contributed by atoms with van der Waals surface area (Å²) in [5, 5.41) is 4.46. The Morgan fingerprint density at radius 1 is 1.25 bits per heavy atom. The zero-order valence-electron chi connectivity index (χ0n) is 15.6. The summed E-state index contributed by atoms with van der Waals surface area (Å²) in [7, 11) is 1.73. The lowest BCUT2D eigenvalue weighted by molar-refractivity contribution is -0.131. The van der Waals surface area contributed by atoms with Gasteiger partial charge < -0.3 is 10.6 Å². The van der Waals surface area contributed by atoms with Crippen molar-refractivity contribution in [1.29, 1.82) is 0 Å². The molecule has 1 amide bonds. The lowest BCUT2D eigenvalue weighted by atomic mass is 9.89. The van der Waals surface area contributed by atoms with Crippen molar-refractivity contribution < 1.29 is 4.79 Å². The van der Waals surface area contributed by atoms with E-state index in [-0.39, 0.29) is 42.3 Å². The Morgan fingerprint density at radius 2 is 2.00 bits per heavy atom. The van der Waals surface area contributed by atoms with Crippen molar-refractivity contribution in [2.45, 2.75) is 12.5 Å². The van der Waals surface area contributed by atoms with Crippen LogP contribution in [-0.4, -0.2) is 49.8 Å². The standard InChI is InChI=1S/C19H22N6O2.ClH/c1-23-18-15(8-22-23)19(27)25(12-21-18)11-17(26)24-9-14(7-20)16(10-24)13-5-3-2-4-6-13;/h2-6,8,12,14,16H,7,9-11,20H2,1H3;1H/t14-,16+;/m1./s1. The molecule has 2 N–H and O–H groups in total. The number of halogens is 1. The Morgan fingerprint density at radius 3 is 2.71 bits per heavy atom. The fraction of sp³-hybridized carbons (Fsp3) is 0.368. The Bertz CT molecular complexity index is 1030. The minimum Gasteiger partial charge on any atom is -0.340 e. The highest BCUT2D eigenvalue weighted by atomic mass is 35.5. The van der Waals surface area contributed by atoms with E-state index in [2.05, 4.69) is 22.2 Å². The maximum Gasteiger partial charge on any atom is 0.264 e. The average molecular weight is 403 g/mol. The van der Waals surface area contributed by atoms with Gasteiger partial charge in [0.15, 0.2) is 5.65 Å². The van der Waals surface area contributed by atoms with Crippen molar-refractivity contribution in [3.63, 3.8) is 0 Å². The first kappa shape index (κ1) is 20.0. The predicted molar refractivity (Wildman–Crippen MR) is 108 cm³/mol. The lowest BCUT2D eigenvalue weighted by Crippen LogP contribution is -2.35. The van der Waals surface area contributed by atoms with Crippen molar-refractivity contribution in [2.75, 3.05) is 19.6 Å². The molecule has 148 valence electrons. The van der Waals surface area contributed by atoms with E-state index in [1.165, 1.54) is 22.7 Å². The van der Waals surface area contributed by atoms with E-state index in [0.717, 1.165) is 0 Å². The number of aryl methyl sites for hydroxylation is 1. The normalized spacial score (nSPS) is 19.0. The van der Waals surface area contributed by atoms with Gasteiger partial charge in [-0.05, 0) is 18.0 Å². The van der Waals surface area contributed by atoms with Crippen molar-refractivity contribution in [3.8, 4) is 0 Å². The first-order chi connectivity index (χ1) is 13.1. The van der Waals surface area contributed by atoms with Crippen molar-refractivity contribution >= 4 is 29.3 Å². The van der Waals surface area contributed by atoms with E-state index in [9.17, 15) is 9.59 Å². The van der Waals surface area contributed by atoms with Crippen LogP contribution in [0.2, 0.25) is 0 Å². The third kappa shape index (κ3) is 3.53. The molecule has 0 radical (unpaired) electrons. The molecular weight excluding hydrogens is 380 g/mol. The molecule has 1 saturated heterocycles. The van der Waals surface area contributed by atoms with Crippen molar-refractivity contribution in [1.82, 2.24) is 24.2 Å². The Balaban J connectivity index is 0.00000225. The monoisotopic (exact) mass is 402 g/mol. The van der Waals surface area contributed by atoms with Crippen LogP contribution in [0.25, 0.3) is 11.0 Å². The summed E-state index contributed by atoms with van der Waals surface area (Å²) in [5.74, 6) is 0.335. The number of nitrogens with zero attached hydrogens (tertiary/aromatic N) is 5. The molecular formula is C19H23ClN6O2. The number of likely N-dealkylation sites (tertiary alicyclic amines) is 1. The number of rotatable bonds is 4. The molecule has 0 aliphatic carbocycles. The average Bonchev–Trinajstić information content (AvgIpc) is 3.29. The van der Waals surface area contributed by atoms with Gasteiger partial charge >= 0.3 is 0 Å². The summed E-state index contributed by atoms with van der Waals surface area (Å²) in [6, 6.07) is 10.1. The smallest absolute Gasteiger partial charge is 0.264 e. The van der Waals surface area contributed by atoms with Crippen LogP contribution >= 0.6 is 12.4 Å². The van der Waals surface area contributed by atoms with E-state index in [0.29, 0.717) is 30.7 Å². The van der Waals surface area contributed by atoms with E-state index in [1.807, 2.05) is 18.2 Å². The molecule has 1 aliphatic heterocycles. The van der Waals surface area contributed by atoms with E-state index in [4.69, 9.17) is 5.73 Å². The van der Waals surface area contributed by atoms with Crippen LogP contribution in [0.4, 0.5) is 0 Å². The Hall–Kier alpha value is -2.71. The number of fused-ring (bicyclic) bond motifs is 1. The fourth-order valence-corrected chi connectivity index (χ4v) is 3.82. The minimum absolute atomic E-state index is 0. The highest BCUT2D eigenvalue weighted by Crippen LogP contribution is 2.32. The molecule has 1 aromatic carbocycles. The molecule has 8 nitrogen and oxygen atoms in total. The van der Waals surface area contributed by atoms with Crippen LogP contribution in [0.5, 0.6) is 0 Å². The number of carbonyl (C=O) groups is 1. The highest BCUT2D eigenvalue weighted by Gasteiger charge is 2.35. The van der Waals surface area contributed by atoms with Crippen LogP contribution < -0.4 is 11.3 Å². The second kappa shape index (κ2) is 8.12. The molecule has 1 fully saturated rings. The molecule has 2 atom stereocenters. The van der Waals surface area contributed by atoms with Gasteiger partial charge in [-0.3, -0.25) is 18.8 Å². The van der Waals surface area contributed by atoms with Crippen LogP contribution in [0.15, 0.2) is 47.7 Å². The molecule has 0 saturated carbocycles. The van der Waals surface area contributed by atoms with Gasteiger partial charge in [0.25, 0.3) is 5.56 Å². The van der Waals surface area contributed by atoms with Gasteiger partial charge in [0.2, 0.25) is 5.91 Å². The van der Waals surface area contributed by atoms with Gasteiger partial charge in [0.05, 0.1) is 6.20 Å². The molecule has 1 aliphatic rings. The maximum absolute atomic E-state index is 12.8. The van der Waals surface area contributed by atoms with E-state index >= 15 is 0 Å². The zero-order valence-corrected chi connectivity index (χ0v) is 16.4. The largest absolute Gasteiger partial charge is 0.340 e. The van der Waals surface area contributed by atoms with Gasteiger partial charge in [-0.1, -0.05) is 30.3 Å². The Kier molecular flexibility index (Phi) is 5.81. The summed E-state index contributed by atoms with van der Waals surface area (Å²) in [6.07, 6.45) is 2.90. The molecule has 4 rings (SSSR count). The Labute approximate surface area is 168 Å². The molecule has 0 spiro atoms.